The molecule has 0 heterocycles. The topological polar surface area (TPSA) is 18.5 Å². The molecule has 3 aromatic carbocycles. The van der Waals surface area contributed by atoms with Gasteiger partial charge in [0.25, 0.3) is 0 Å². The Morgan fingerprint density at radius 2 is 1.16 bits per heavy atom. The van der Waals surface area contributed by atoms with Gasteiger partial charge in [0.15, 0.2) is 17.8 Å². The lowest BCUT2D eigenvalue weighted by Gasteiger charge is -2.42. The smallest absolute Gasteiger partial charge is 0.239 e. The van der Waals surface area contributed by atoms with Crippen molar-refractivity contribution in [3.63, 3.8) is 0 Å². The summed E-state index contributed by atoms with van der Waals surface area (Å²) >= 11 is 0. The molecule has 1 aliphatic carbocycles. The van der Waals surface area contributed by atoms with Gasteiger partial charge in [0, 0.05) is 5.57 Å². The van der Waals surface area contributed by atoms with E-state index in [0.717, 1.165) is 0 Å². The van der Waals surface area contributed by atoms with Crippen molar-refractivity contribution in [2.45, 2.75) is 11.5 Å². The molecule has 0 radical (unpaired) electrons. The average molecular weight is 442 g/mol. The molecular weight excluding hydrogens is 426 g/mol. The van der Waals surface area contributed by atoms with Crippen LogP contribution in [0.4, 0.5) is 22.2 Å². The number of alkyl halides is 1. The summed E-state index contributed by atoms with van der Waals surface area (Å²) in [6, 6.07) is 22.9. The van der Waals surface area contributed by atoms with Crippen molar-refractivity contribution >= 4 is 18.3 Å². The van der Waals surface area contributed by atoms with Crippen LogP contribution >= 0.6 is 0 Å². The minimum atomic E-state index is -2.86. The van der Waals surface area contributed by atoms with Crippen LogP contribution in [0.5, 0.6) is 0 Å². The molecule has 0 N–H and O–H groups in total. The van der Waals surface area contributed by atoms with E-state index in [9.17, 15) is 9.05 Å². The van der Waals surface area contributed by atoms with Crippen LogP contribution in [-0.2, 0) is 15.0 Å². The second-order valence-corrected chi connectivity index (χ2v) is 7.25. The Bertz CT molecular complexity index is 1130. The maximum Gasteiger partial charge on any atom is 0.553 e. The van der Waals surface area contributed by atoms with Crippen LogP contribution in [-0.4, -0.2) is 13.3 Å². The first-order chi connectivity index (χ1) is 15.6. The molecule has 0 fully saturated rings. The highest BCUT2D eigenvalue weighted by Crippen LogP contribution is 2.56. The highest BCUT2D eigenvalue weighted by molar-refractivity contribution is 6.53. The van der Waals surface area contributed by atoms with E-state index in [1.165, 1.54) is 48.5 Å². The van der Waals surface area contributed by atoms with Gasteiger partial charge in [0.1, 0.15) is 0 Å². The molecule has 0 aromatic heterocycles. The van der Waals surface area contributed by atoms with Crippen molar-refractivity contribution in [3.05, 3.63) is 119 Å². The molecule has 162 valence electrons. The van der Waals surface area contributed by atoms with Crippen LogP contribution in [0.25, 0.3) is 11.1 Å². The van der Waals surface area contributed by atoms with Crippen LogP contribution in [0.3, 0.4) is 0 Å². The van der Waals surface area contributed by atoms with E-state index in [1.807, 2.05) is 0 Å². The SMILES string of the molecule is FOB(OF)C1(c2ccccc2)C(c2ccccc2)=C(c2ccccc2)C(F)=C(F)C1F. The second-order valence-electron chi connectivity index (χ2n) is 7.25. The molecule has 0 saturated heterocycles. The van der Waals surface area contributed by atoms with Gasteiger partial charge in [0.2, 0.25) is 0 Å². The van der Waals surface area contributed by atoms with Crippen LogP contribution in [0, 0.1) is 0 Å². The summed E-state index contributed by atoms with van der Waals surface area (Å²) in [5.74, 6) is -3.28. The van der Waals surface area contributed by atoms with Gasteiger partial charge in [-0.1, -0.05) is 100 Å². The third-order valence-corrected chi connectivity index (χ3v) is 5.63. The molecule has 4 rings (SSSR count). The van der Waals surface area contributed by atoms with E-state index >= 15 is 13.2 Å². The average Bonchev–Trinajstić information content (AvgIpc) is 2.86. The summed E-state index contributed by atoms with van der Waals surface area (Å²) in [4.78, 5) is 7.41. The molecule has 1 aliphatic rings. The van der Waals surface area contributed by atoms with E-state index in [4.69, 9.17) is 0 Å². The Morgan fingerprint density at radius 1 is 0.688 bits per heavy atom. The van der Waals surface area contributed by atoms with Crippen molar-refractivity contribution < 1.29 is 31.9 Å². The molecular formula is C24H16BF5O2. The third-order valence-electron chi connectivity index (χ3n) is 5.63. The summed E-state index contributed by atoms with van der Waals surface area (Å²) in [5.41, 5.74) is -0.252. The van der Waals surface area contributed by atoms with Crippen LogP contribution in [0.15, 0.2) is 103 Å². The first-order valence-corrected chi connectivity index (χ1v) is 9.72. The van der Waals surface area contributed by atoms with Gasteiger partial charge in [0.05, 0.1) is 5.31 Å². The molecule has 0 bridgehead atoms. The van der Waals surface area contributed by atoms with Gasteiger partial charge in [-0.05, 0) is 22.3 Å². The van der Waals surface area contributed by atoms with Gasteiger partial charge in [-0.3, -0.25) is 0 Å². The van der Waals surface area contributed by atoms with E-state index in [-0.39, 0.29) is 27.8 Å². The fourth-order valence-electron chi connectivity index (χ4n) is 4.27. The van der Waals surface area contributed by atoms with Gasteiger partial charge < -0.3 is 0 Å². The zero-order chi connectivity index (χ0) is 22.7. The Kier molecular flexibility index (Phi) is 6.25. The lowest BCUT2D eigenvalue weighted by atomic mass is 9.45. The quantitative estimate of drug-likeness (QED) is 0.307. The monoisotopic (exact) mass is 442 g/mol. The first-order valence-electron chi connectivity index (χ1n) is 9.72. The van der Waals surface area contributed by atoms with E-state index in [0.29, 0.717) is 0 Å². The van der Waals surface area contributed by atoms with Gasteiger partial charge in [-0.2, -0.15) is 0 Å². The Hall–Kier alpha value is -3.23. The standard InChI is InChI=1S/C24H16BF5O2/c26-21-19(16-10-4-1-5-11-16)20(17-12-6-2-7-13-17)24(23(28)22(21)27,25(31-29)32-30)18-14-8-3-9-15-18/h1-15,23H. The van der Waals surface area contributed by atoms with Gasteiger partial charge in [-0.25, -0.2) is 22.9 Å². The maximum absolute atomic E-state index is 15.9. The summed E-state index contributed by atoms with van der Waals surface area (Å²) in [6.07, 6.45) is -2.86. The second kappa shape index (κ2) is 9.10. The van der Waals surface area contributed by atoms with Crippen molar-refractivity contribution in [3.8, 4) is 0 Å². The molecule has 2 nitrogen and oxygen atoms in total. The lowest BCUT2D eigenvalue weighted by Crippen LogP contribution is -2.55. The fraction of sp³-hybridized carbons (Fsp3) is 0.0833. The normalized spacial score (nSPS) is 21.1. The van der Waals surface area contributed by atoms with Crippen molar-refractivity contribution in [2.75, 3.05) is 0 Å². The van der Waals surface area contributed by atoms with Gasteiger partial charge in [-0.15, -0.1) is 0 Å². The van der Waals surface area contributed by atoms with E-state index < -0.39 is 30.3 Å². The number of hydrogen-bond donors (Lipinski definition) is 0. The minimum Gasteiger partial charge on any atom is -0.239 e. The molecule has 8 heteroatoms. The number of rotatable bonds is 6. The highest BCUT2D eigenvalue weighted by atomic mass is 19.3. The molecule has 2 unspecified atom stereocenters. The summed E-state index contributed by atoms with van der Waals surface area (Å²) < 4.78 is 73.8. The number of allylic oxidation sites excluding steroid dienone is 4. The molecule has 0 saturated carbocycles. The van der Waals surface area contributed by atoms with Crippen molar-refractivity contribution in [1.82, 2.24) is 0 Å². The number of halogens is 5. The zero-order valence-electron chi connectivity index (χ0n) is 16.5. The summed E-state index contributed by atoms with van der Waals surface area (Å²) in [7, 11) is -2.58. The lowest BCUT2D eigenvalue weighted by molar-refractivity contribution is -0.115. The fourth-order valence-corrected chi connectivity index (χ4v) is 4.27. The number of benzene rings is 3. The van der Waals surface area contributed by atoms with Crippen LogP contribution in [0.1, 0.15) is 16.7 Å². The first kappa shape index (κ1) is 22.0. The third kappa shape index (κ3) is 3.36. The number of hydrogen-bond acceptors (Lipinski definition) is 2. The molecule has 2 atom stereocenters. The summed E-state index contributed by atoms with van der Waals surface area (Å²) in [5, 5.41) is -2.56. The summed E-state index contributed by atoms with van der Waals surface area (Å²) in [6.45, 7) is 0. The molecule has 3 aromatic rings. The van der Waals surface area contributed by atoms with Crippen molar-refractivity contribution in [1.29, 1.82) is 0 Å². The minimum absolute atomic E-state index is 0.0669. The Morgan fingerprint density at radius 3 is 1.66 bits per heavy atom. The molecule has 0 aliphatic heterocycles. The van der Waals surface area contributed by atoms with Gasteiger partial charge >= 0.3 is 7.12 Å². The maximum atomic E-state index is 15.9. The Balaban J connectivity index is 2.22. The molecule has 0 spiro atoms. The Labute approximate surface area is 181 Å². The van der Waals surface area contributed by atoms with E-state index in [1.54, 1.807) is 42.5 Å². The van der Waals surface area contributed by atoms with E-state index in [2.05, 4.69) is 9.72 Å². The molecule has 0 amide bonds. The highest BCUT2D eigenvalue weighted by Gasteiger charge is 2.63. The van der Waals surface area contributed by atoms with Crippen molar-refractivity contribution in [2.24, 2.45) is 0 Å². The molecule has 32 heavy (non-hydrogen) atoms. The van der Waals surface area contributed by atoms with Crippen LogP contribution < -0.4 is 0 Å². The predicted octanol–water partition coefficient (Wildman–Crippen LogP) is 6.87. The zero-order valence-corrected chi connectivity index (χ0v) is 16.5. The largest absolute Gasteiger partial charge is 0.553 e. The predicted molar refractivity (Wildman–Crippen MR) is 112 cm³/mol. The van der Waals surface area contributed by atoms with Crippen LogP contribution in [0.2, 0.25) is 0 Å².